The Morgan fingerprint density at radius 2 is 2.22 bits per heavy atom. The summed E-state index contributed by atoms with van der Waals surface area (Å²) in [5, 5.41) is 2.33. The van der Waals surface area contributed by atoms with Crippen LogP contribution < -0.4 is 0 Å². The maximum absolute atomic E-state index is 10.0. The van der Waals surface area contributed by atoms with Crippen molar-refractivity contribution in [2.75, 3.05) is 0 Å². The van der Waals surface area contributed by atoms with Gasteiger partial charge in [0.1, 0.15) is 6.26 Å². The molecule has 0 unspecified atom stereocenters. The SMILES string of the molecule is [O]S(=O)(=O)c1ccon1. The van der Waals surface area contributed by atoms with Crippen molar-refractivity contribution >= 4 is 10.1 Å². The molecule has 0 bridgehead atoms. The second-order valence-corrected chi connectivity index (χ2v) is 2.62. The topological polar surface area (TPSA) is 80.1 Å². The zero-order chi connectivity index (χ0) is 6.91. The largest absolute Gasteiger partial charge is 0.363 e. The summed E-state index contributed by atoms with van der Waals surface area (Å²) in [7, 11) is -4.41. The molecule has 1 aromatic heterocycles. The first-order valence-electron chi connectivity index (χ1n) is 1.97. The monoisotopic (exact) mass is 148 g/mol. The lowest BCUT2D eigenvalue weighted by Crippen LogP contribution is -1.94. The number of nitrogens with zero attached hydrogens (tertiary/aromatic N) is 1. The van der Waals surface area contributed by atoms with Crippen molar-refractivity contribution in [1.29, 1.82) is 0 Å². The fourth-order valence-corrected chi connectivity index (χ4v) is 0.687. The zero-order valence-electron chi connectivity index (χ0n) is 4.14. The molecule has 0 saturated carbocycles. The molecule has 9 heavy (non-hydrogen) atoms. The Bertz CT molecular complexity index is 273. The van der Waals surface area contributed by atoms with Gasteiger partial charge in [-0.05, 0) is 0 Å². The van der Waals surface area contributed by atoms with Gasteiger partial charge < -0.3 is 4.52 Å². The summed E-state index contributed by atoms with van der Waals surface area (Å²) in [6.45, 7) is 0. The normalized spacial score (nSPS) is 11.7. The third-order valence-corrected chi connectivity index (χ3v) is 1.39. The molecule has 0 aliphatic heterocycles. The molecule has 1 aromatic rings. The van der Waals surface area contributed by atoms with Crippen LogP contribution in [0.25, 0.3) is 0 Å². The first-order chi connectivity index (χ1) is 4.11. The van der Waals surface area contributed by atoms with Crippen LogP contribution in [0, 0.1) is 0 Å². The van der Waals surface area contributed by atoms with Crippen LogP contribution >= 0.6 is 0 Å². The van der Waals surface area contributed by atoms with Crippen LogP contribution in [0.5, 0.6) is 0 Å². The first kappa shape index (κ1) is 6.24. The average molecular weight is 148 g/mol. The molecule has 0 aliphatic rings. The van der Waals surface area contributed by atoms with Crippen molar-refractivity contribution < 1.29 is 17.5 Å². The molecular formula is C3H2NO4S. The lowest BCUT2D eigenvalue weighted by Gasteiger charge is -1.78. The van der Waals surface area contributed by atoms with E-state index in [2.05, 4.69) is 9.68 Å². The van der Waals surface area contributed by atoms with E-state index in [0.717, 1.165) is 12.3 Å². The summed E-state index contributed by atoms with van der Waals surface area (Å²) in [5.74, 6) is 0. The minimum atomic E-state index is -4.41. The van der Waals surface area contributed by atoms with E-state index in [1.807, 2.05) is 0 Å². The van der Waals surface area contributed by atoms with Gasteiger partial charge in [0.2, 0.25) is 5.03 Å². The summed E-state index contributed by atoms with van der Waals surface area (Å²) in [6, 6.07) is 0.988. The number of hydrogen-bond acceptors (Lipinski definition) is 4. The highest BCUT2D eigenvalue weighted by Gasteiger charge is 2.13. The van der Waals surface area contributed by atoms with Crippen molar-refractivity contribution in [3.63, 3.8) is 0 Å². The van der Waals surface area contributed by atoms with Crippen molar-refractivity contribution in [1.82, 2.24) is 5.16 Å². The van der Waals surface area contributed by atoms with Crippen molar-refractivity contribution in [2.24, 2.45) is 0 Å². The Balaban J connectivity index is 3.20. The molecule has 0 N–H and O–H groups in total. The summed E-state index contributed by atoms with van der Waals surface area (Å²) < 4.78 is 34.2. The zero-order valence-corrected chi connectivity index (χ0v) is 4.96. The molecule has 1 rings (SSSR count). The van der Waals surface area contributed by atoms with Crippen LogP contribution in [0.1, 0.15) is 0 Å². The minimum absolute atomic E-state index is 0.581. The Morgan fingerprint density at radius 1 is 1.56 bits per heavy atom. The Labute approximate surface area is 51.0 Å². The maximum Gasteiger partial charge on any atom is 0.345 e. The lowest BCUT2D eigenvalue weighted by atomic mass is 10.8. The molecule has 5 nitrogen and oxygen atoms in total. The molecule has 0 aliphatic carbocycles. The Hall–Kier alpha value is -0.880. The second kappa shape index (κ2) is 1.82. The standard InChI is InChI=1S/C3H2NO4S/c5-9(6,7)3-1-2-8-4-3/h1-2H. The molecule has 1 radical (unpaired) electrons. The maximum atomic E-state index is 10.0. The molecule has 0 atom stereocenters. The van der Waals surface area contributed by atoms with Gasteiger partial charge >= 0.3 is 10.1 Å². The highest BCUT2D eigenvalue weighted by Crippen LogP contribution is 2.02. The summed E-state index contributed by atoms with van der Waals surface area (Å²) in [4.78, 5) is 0. The van der Waals surface area contributed by atoms with Gasteiger partial charge in [-0.1, -0.05) is 9.71 Å². The fourth-order valence-electron chi connectivity index (χ4n) is 0.330. The molecule has 6 heteroatoms. The highest BCUT2D eigenvalue weighted by atomic mass is 32.2. The molecule has 1 heterocycles. The van der Waals surface area contributed by atoms with Crippen LogP contribution in [0.15, 0.2) is 21.9 Å². The fraction of sp³-hybridized carbons (Fsp3) is 0. The van der Waals surface area contributed by atoms with Gasteiger partial charge in [0.05, 0.1) is 0 Å². The number of aromatic nitrogens is 1. The minimum Gasteiger partial charge on any atom is -0.363 e. The van der Waals surface area contributed by atoms with Crippen LogP contribution in [-0.2, 0) is 14.7 Å². The third kappa shape index (κ3) is 1.27. The van der Waals surface area contributed by atoms with E-state index in [4.69, 9.17) is 0 Å². The molecule has 0 saturated heterocycles. The predicted octanol–water partition coefficient (Wildman–Crippen LogP) is -0.206. The van der Waals surface area contributed by atoms with E-state index in [1.54, 1.807) is 0 Å². The van der Waals surface area contributed by atoms with E-state index >= 15 is 0 Å². The first-order valence-corrected chi connectivity index (χ1v) is 3.38. The number of hydrogen-bond donors (Lipinski definition) is 0. The van der Waals surface area contributed by atoms with Gasteiger partial charge in [-0.2, -0.15) is 8.42 Å². The lowest BCUT2D eigenvalue weighted by molar-refractivity contribution is 0.377. The predicted molar refractivity (Wildman–Crippen MR) is 24.4 cm³/mol. The smallest absolute Gasteiger partial charge is 0.345 e. The van der Waals surface area contributed by atoms with E-state index in [-0.39, 0.29) is 0 Å². The van der Waals surface area contributed by atoms with Crippen molar-refractivity contribution in [3.05, 3.63) is 12.3 Å². The van der Waals surface area contributed by atoms with Crippen molar-refractivity contribution in [3.8, 4) is 0 Å². The van der Waals surface area contributed by atoms with Crippen molar-refractivity contribution in [2.45, 2.75) is 5.03 Å². The quantitative estimate of drug-likeness (QED) is 0.552. The van der Waals surface area contributed by atoms with Gasteiger partial charge in [-0.3, -0.25) is 0 Å². The molecule has 0 amide bonds. The number of rotatable bonds is 1. The summed E-state index contributed by atoms with van der Waals surface area (Å²) >= 11 is 0. The highest BCUT2D eigenvalue weighted by molar-refractivity contribution is 7.85. The van der Waals surface area contributed by atoms with Crippen LogP contribution in [-0.4, -0.2) is 13.6 Å². The van der Waals surface area contributed by atoms with Crippen LogP contribution in [0.4, 0.5) is 0 Å². The van der Waals surface area contributed by atoms with Crippen LogP contribution in [0.3, 0.4) is 0 Å². The molecule has 0 spiro atoms. The third-order valence-electron chi connectivity index (χ3n) is 0.670. The van der Waals surface area contributed by atoms with E-state index in [0.29, 0.717) is 0 Å². The van der Waals surface area contributed by atoms with E-state index in [9.17, 15) is 13.0 Å². The Morgan fingerprint density at radius 3 is 2.44 bits per heavy atom. The van der Waals surface area contributed by atoms with Gasteiger partial charge in [-0.25, -0.2) is 0 Å². The van der Waals surface area contributed by atoms with Crippen LogP contribution in [0.2, 0.25) is 0 Å². The molecule has 0 fully saturated rings. The molecular weight excluding hydrogens is 146 g/mol. The van der Waals surface area contributed by atoms with Gasteiger partial charge in [0.25, 0.3) is 0 Å². The average Bonchev–Trinajstić information content (AvgIpc) is 2.08. The van der Waals surface area contributed by atoms with E-state index < -0.39 is 15.1 Å². The van der Waals surface area contributed by atoms with Gasteiger partial charge in [0.15, 0.2) is 0 Å². The summed E-state index contributed by atoms with van der Waals surface area (Å²) in [6.07, 6.45) is 1.02. The van der Waals surface area contributed by atoms with Gasteiger partial charge in [0, 0.05) is 6.07 Å². The van der Waals surface area contributed by atoms with Gasteiger partial charge in [-0.15, -0.1) is 0 Å². The second-order valence-electron chi connectivity index (χ2n) is 1.29. The Kier molecular flexibility index (Phi) is 1.26. The molecule has 0 aromatic carbocycles. The molecule has 49 valence electrons. The van der Waals surface area contributed by atoms with E-state index in [1.165, 1.54) is 0 Å². The summed E-state index contributed by atoms with van der Waals surface area (Å²) in [5.41, 5.74) is 0.